The van der Waals surface area contributed by atoms with E-state index in [1.54, 1.807) is 6.92 Å². The van der Waals surface area contributed by atoms with Crippen LogP contribution >= 0.6 is 15.9 Å². The van der Waals surface area contributed by atoms with Crippen LogP contribution in [0.1, 0.15) is 5.69 Å². The summed E-state index contributed by atoms with van der Waals surface area (Å²) in [6, 6.07) is 1.76. The van der Waals surface area contributed by atoms with Crippen molar-refractivity contribution in [1.29, 1.82) is 0 Å². The number of pyridine rings is 1. The molecule has 0 fully saturated rings. The Bertz CT molecular complexity index is 606. The molecular weight excluding hydrogens is 268 g/mol. The van der Waals surface area contributed by atoms with Crippen molar-refractivity contribution < 1.29 is 8.78 Å². The van der Waals surface area contributed by atoms with Crippen LogP contribution in [-0.2, 0) is 0 Å². The fraction of sp³-hybridized carbons (Fsp3) is 0.100. The molecule has 15 heavy (non-hydrogen) atoms. The van der Waals surface area contributed by atoms with Crippen LogP contribution in [-0.4, -0.2) is 4.98 Å². The average Bonchev–Trinajstić information content (AvgIpc) is 2.17. The minimum absolute atomic E-state index is 0.00461. The molecule has 2 aromatic rings. The van der Waals surface area contributed by atoms with Crippen molar-refractivity contribution in [2.75, 3.05) is 0 Å². The second-order valence-corrected chi connectivity index (χ2v) is 4.00. The predicted molar refractivity (Wildman–Crippen MR) is 56.9 cm³/mol. The smallest absolute Gasteiger partial charge is 0.204 e. The number of halogens is 3. The van der Waals surface area contributed by atoms with Gasteiger partial charge in [0, 0.05) is 11.8 Å². The minimum Gasteiger partial charge on any atom is -0.355 e. The Kier molecular flexibility index (Phi) is 2.34. The Morgan fingerprint density at radius 2 is 2.00 bits per heavy atom. The van der Waals surface area contributed by atoms with Crippen molar-refractivity contribution in [2.45, 2.75) is 6.92 Å². The van der Waals surface area contributed by atoms with Gasteiger partial charge in [0.15, 0.2) is 0 Å². The Hall–Kier alpha value is -1.23. The highest BCUT2D eigenvalue weighted by molar-refractivity contribution is 9.10. The van der Waals surface area contributed by atoms with Gasteiger partial charge in [-0.25, -0.2) is 8.78 Å². The van der Waals surface area contributed by atoms with E-state index in [0.717, 1.165) is 12.1 Å². The van der Waals surface area contributed by atoms with Gasteiger partial charge in [0.2, 0.25) is 5.43 Å². The number of aromatic amines is 1. The van der Waals surface area contributed by atoms with Gasteiger partial charge in [-0.3, -0.25) is 4.79 Å². The first-order valence-electron chi connectivity index (χ1n) is 4.18. The van der Waals surface area contributed by atoms with E-state index in [2.05, 4.69) is 20.9 Å². The van der Waals surface area contributed by atoms with Crippen LogP contribution in [0.5, 0.6) is 0 Å². The highest BCUT2D eigenvalue weighted by Gasteiger charge is 2.11. The maximum absolute atomic E-state index is 13.3. The first kappa shape index (κ1) is 10.3. The second-order valence-electron chi connectivity index (χ2n) is 3.20. The van der Waals surface area contributed by atoms with Crippen molar-refractivity contribution in [3.8, 4) is 0 Å². The molecule has 0 aliphatic rings. The summed E-state index contributed by atoms with van der Waals surface area (Å²) in [5, 5.41) is 0.00461. The van der Waals surface area contributed by atoms with Crippen molar-refractivity contribution in [3.63, 3.8) is 0 Å². The number of hydrogen-bond donors (Lipinski definition) is 1. The maximum atomic E-state index is 13.3. The van der Waals surface area contributed by atoms with E-state index in [-0.39, 0.29) is 10.9 Å². The van der Waals surface area contributed by atoms with Gasteiger partial charge in [-0.05, 0) is 28.9 Å². The number of nitrogens with one attached hydrogen (secondary N) is 1. The number of aromatic nitrogens is 1. The number of benzene rings is 1. The number of rotatable bonds is 0. The van der Waals surface area contributed by atoms with E-state index < -0.39 is 17.1 Å². The van der Waals surface area contributed by atoms with Crippen LogP contribution in [0.15, 0.2) is 21.4 Å². The van der Waals surface area contributed by atoms with Gasteiger partial charge >= 0.3 is 0 Å². The highest BCUT2D eigenvalue weighted by atomic mass is 79.9. The first-order valence-corrected chi connectivity index (χ1v) is 4.97. The lowest BCUT2D eigenvalue weighted by atomic mass is 10.2. The fourth-order valence-electron chi connectivity index (χ4n) is 1.41. The number of aryl methyl sites for hydroxylation is 1. The molecule has 0 bridgehead atoms. The molecule has 0 saturated carbocycles. The van der Waals surface area contributed by atoms with E-state index in [9.17, 15) is 13.6 Å². The van der Waals surface area contributed by atoms with E-state index >= 15 is 0 Å². The number of hydrogen-bond acceptors (Lipinski definition) is 1. The summed E-state index contributed by atoms with van der Waals surface area (Å²) in [5.74, 6) is -1.53. The van der Waals surface area contributed by atoms with Crippen molar-refractivity contribution >= 4 is 26.8 Å². The molecule has 0 atom stereocenters. The van der Waals surface area contributed by atoms with Gasteiger partial charge < -0.3 is 4.98 Å². The third-order valence-corrected chi connectivity index (χ3v) is 3.10. The Labute approximate surface area is 92.1 Å². The lowest BCUT2D eigenvalue weighted by molar-refractivity contribution is 0.590. The van der Waals surface area contributed by atoms with E-state index in [0.29, 0.717) is 10.2 Å². The van der Waals surface area contributed by atoms with Gasteiger partial charge in [-0.15, -0.1) is 0 Å². The SMILES string of the molecule is Cc1[nH]c2c(F)cc(F)cc2c(=O)c1Br. The minimum atomic E-state index is -0.766. The molecule has 1 aromatic carbocycles. The quantitative estimate of drug-likeness (QED) is 0.787. The average molecular weight is 274 g/mol. The summed E-state index contributed by atoms with van der Waals surface area (Å²) in [4.78, 5) is 14.4. The molecule has 0 amide bonds. The molecule has 0 saturated heterocycles. The maximum Gasteiger partial charge on any atom is 0.204 e. The van der Waals surface area contributed by atoms with Crippen LogP contribution in [0.3, 0.4) is 0 Å². The molecule has 1 heterocycles. The predicted octanol–water partition coefficient (Wildman–Crippen LogP) is 2.88. The van der Waals surface area contributed by atoms with Gasteiger partial charge in [-0.2, -0.15) is 0 Å². The summed E-state index contributed by atoms with van der Waals surface area (Å²) >= 11 is 3.06. The van der Waals surface area contributed by atoms with E-state index in [1.165, 1.54) is 0 Å². The van der Waals surface area contributed by atoms with Crippen LogP contribution in [0.25, 0.3) is 10.9 Å². The lowest BCUT2D eigenvalue weighted by Crippen LogP contribution is -2.08. The molecule has 2 rings (SSSR count). The zero-order valence-corrected chi connectivity index (χ0v) is 9.28. The fourth-order valence-corrected chi connectivity index (χ4v) is 1.72. The van der Waals surface area contributed by atoms with E-state index in [4.69, 9.17) is 0 Å². The molecular formula is C10H6BrF2NO. The van der Waals surface area contributed by atoms with Crippen LogP contribution in [0.4, 0.5) is 8.78 Å². The molecule has 78 valence electrons. The highest BCUT2D eigenvalue weighted by Crippen LogP contribution is 2.19. The molecule has 0 aliphatic carbocycles. The summed E-state index contributed by atoms with van der Waals surface area (Å²) in [5.41, 5.74) is 0.125. The second kappa shape index (κ2) is 3.41. The van der Waals surface area contributed by atoms with Gasteiger partial charge in [-0.1, -0.05) is 0 Å². The summed E-state index contributed by atoms with van der Waals surface area (Å²) in [7, 11) is 0. The monoisotopic (exact) mass is 273 g/mol. The molecule has 0 radical (unpaired) electrons. The molecule has 2 nitrogen and oxygen atoms in total. The molecule has 0 aliphatic heterocycles. The number of fused-ring (bicyclic) bond motifs is 1. The molecule has 5 heteroatoms. The van der Waals surface area contributed by atoms with Crippen LogP contribution in [0, 0.1) is 18.6 Å². The van der Waals surface area contributed by atoms with Crippen molar-refractivity contribution in [1.82, 2.24) is 4.98 Å². The lowest BCUT2D eigenvalue weighted by Gasteiger charge is -2.03. The Balaban J connectivity index is 3.06. The van der Waals surface area contributed by atoms with E-state index in [1.807, 2.05) is 0 Å². The zero-order valence-electron chi connectivity index (χ0n) is 7.70. The van der Waals surface area contributed by atoms with Gasteiger partial charge in [0.25, 0.3) is 0 Å². The number of H-pyrrole nitrogens is 1. The van der Waals surface area contributed by atoms with Gasteiger partial charge in [0.05, 0.1) is 15.4 Å². The summed E-state index contributed by atoms with van der Waals surface area (Å²) < 4.78 is 26.5. The normalized spacial score (nSPS) is 10.9. The third kappa shape index (κ3) is 1.56. The van der Waals surface area contributed by atoms with Crippen molar-refractivity contribution in [2.24, 2.45) is 0 Å². The summed E-state index contributed by atoms with van der Waals surface area (Å²) in [6.45, 7) is 1.63. The zero-order chi connectivity index (χ0) is 11.2. The first-order chi connectivity index (χ1) is 7.00. The largest absolute Gasteiger partial charge is 0.355 e. The molecule has 1 aromatic heterocycles. The van der Waals surface area contributed by atoms with Crippen LogP contribution in [0.2, 0.25) is 0 Å². The van der Waals surface area contributed by atoms with Crippen LogP contribution < -0.4 is 5.43 Å². The molecule has 0 spiro atoms. The Morgan fingerprint density at radius 3 is 2.67 bits per heavy atom. The van der Waals surface area contributed by atoms with Crippen molar-refractivity contribution in [3.05, 3.63) is 44.2 Å². The molecule has 0 unspecified atom stereocenters. The topological polar surface area (TPSA) is 32.9 Å². The molecule has 1 N–H and O–H groups in total. The third-order valence-electron chi connectivity index (χ3n) is 2.14. The standard InChI is InChI=1S/C10H6BrF2NO/c1-4-8(11)10(15)6-2-5(12)3-7(13)9(6)14-4/h2-3H,1H3,(H,14,15). The summed E-state index contributed by atoms with van der Waals surface area (Å²) in [6.07, 6.45) is 0. The van der Waals surface area contributed by atoms with Gasteiger partial charge in [0.1, 0.15) is 11.6 Å². The Morgan fingerprint density at radius 1 is 1.33 bits per heavy atom.